The molecule has 2 heterocycles. The van der Waals surface area contributed by atoms with Crippen LogP contribution in [0.3, 0.4) is 0 Å². The molecule has 2 N–H and O–H groups in total. The molecule has 2 aromatic heterocycles. The smallest absolute Gasteiger partial charge is 0.343 e. The maximum absolute atomic E-state index is 12.6. The number of ether oxygens (including phenoxy) is 1. The Hall–Kier alpha value is -2.46. The maximum Gasteiger partial charge on any atom is 0.343 e. The van der Waals surface area contributed by atoms with Crippen LogP contribution in [0.4, 0.5) is 5.82 Å². The second kappa shape index (κ2) is 7.83. The summed E-state index contributed by atoms with van der Waals surface area (Å²) in [6, 6.07) is 9.12. The van der Waals surface area contributed by atoms with E-state index in [2.05, 4.69) is 52.5 Å². The Bertz CT molecular complexity index is 952. The Morgan fingerprint density at radius 2 is 2.00 bits per heavy atom. The zero-order valence-corrected chi connectivity index (χ0v) is 16.7. The third-order valence-electron chi connectivity index (χ3n) is 3.38. The Morgan fingerprint density at radius 3 is 2.62 bits per heavy atom. The van der Waals surface area contributed by atoms with Gasteiger partial charge >= 0.3 is 5.97 Å². The fourth-order valence-corrected chi connectivity index (χ4v) is 2.85. The van der Waals surface area contributed by atoms with E-state index in [9.17, 15) is 9.59 Å². The van der Waals surface area contributed by atoms with Gasteiger partial charge in [0.25, 0.3) is 5.91 Å². The highest BCUT2D eigenvalue weighted by Crippen LogP contribution is 2.26. The molecule has 8 nitrogen and oxygen atoms in total. The van der Waals surface area contributed by atoms with Crippen LogP contribution in [0.1, 0.15) is 27.8 Å². The van der Waals surface area contributed by atoms with Gasteiger partial charge in [-0.25, -0.2) is 9.48 Å². The molecule has 3 rings (SSSR count). The number of nitrogens with one attached hydrogen (secondary N) is 2. The van der Waals surface area contributed by atoms with Crippen LogP contribution in [0, 0.1) is 0 Å². The summed E-state index contributed by atoms with van der Waals surface area (Å²) < 4.78 is 7.51. The van der Waals surface area contributed by atoms with Crippen molar-refractivity contribution >= 4 is 49.6 Å². The van der Waals surface area contributed by atoms with E-state index in [0.29, 0.717) is 14.8 Å². The van der Waals surface area contributed by atoms with E-state index >= 15 is 0 Å². The van der Waals surface area contributed by atoms with Crippen molar-refractivity contribution in [2.75, 3.05) is 11.9 Å². The summed E-state index contributed by atoms with van der Waals surface area (Å²) >= 11 is 6.51. The first kappa shape index (κ1) is 18.3. The van der Waals surface area contributed by atoms with E-state index in [-0.39, 0.29) is 23.7 Å². The lowest BCUT2D eigenvalue weighted by atomic mass is 10.3. The van der Waals surface area contributed by atoms with Gasteiger partial charge in [0.05, 0.1) is 23.0 Å². The lowest BCUT2D eigenvalue weighted by Gasteiger charge is -2.10. The highest BCUT2D eigenvalue weighted by molar-refractivity contribution is 9.13. The second-order valence-corrected chi connectivity index (χ2v) is 6.61. The van der Waals surface area contributed by atoms with Gasteiger partial charge in [0.15, 0.2) is 11.5 Å². The van der Waals surface area contributed by atoms with Gasteiger partial charge in [0.2, 0.25) is 0 Å². The van der Waals surface area contributed by atoms with Crippen LogP contribution in [0.2, 0.25) is 0 Å². The topological polar surface area (TPSA) is 102 Å². The second-order valence-electron chi connectivity index (χ2n) is 5.03. The number of aromatic nitrogens is 4. The van der Waals surface area contributed by atoms with Crippen LogP contribution in [0.15, 0.2) is 45.6 Å². The number of H-pyrrole nitrogens is 1. The Morgan fingerprint density at radius 1 is 1.27 bits per heavy atom. The fraction of sp³-hybridized carbons (Fsp3) is 0.125. The van der Waals surface area contributed by atoms with E-state index in [1.165, 1.54) is 10.9 Å². The van der Waals surface area contributed by atoms with E-state index in [1.807, 2.05) is 18.2 Å². The average molecular weight is 483 g/mol. The summed E-state index contributed by atoms with van der Waals surface area (Å²) in [7, 11) is 0. The third kappa shape index (κ3) is 3.56. The SMILES string of the molecule is CCOC(=O)c1cnn(-c2ccccc2)c1NC(=O)c1n[nH]c(Br)c1Br. The van der Waals surface area contributed by atoms with Crippen LogP contribution >= 0.6 is 31.9 Å². The molecule has 0 atom stereocenters. The van der Waals surface area contributed by atoms with Gasteiger partial charge in [0, 0.05) is 0 Å². The number of benzene rings is 1. The van der Waals surface area contributed by atoms with Crippen LogP contribution in [-0.4, -0.2) is 38.5 Å². The molecule has 0 aliphatic heterocycles. The van der Waals surface area contributed by atoms with Gasteiger partial charge in [-0.05, 0) is 50.9 Å². The number of rotatable bonds is 5. The van der Waals surface area contributed by atoms with Crippen molar-refractivity contribution in [3.05, 3.63) is 56.9 Å². The molecule has 0 unspecified atom stereocenters. The number of hydrogen-bond donors (Lipinski definition) is 2. The van der Waals surface area contributed by atoms with Crippen molar-refractivity contribution in [1.82, 2.24) is 20.0 Å². The van der Waals surface area contributed by atoms with Gasteiger partial charge in [-0.2, -0.15) is 10.2 Å². The van der Waals surface area contributed by atoms with Crippen molar-refractivity contribution < 1.29 is 14.3 Å². The van der Waals surface area contributed by atoms with Gasteiger partial charge < -0.3 is 10.1 Å². The number of hydrogen-bond acceptors (Lipinski definition) is 5. The number of nitrogens with zero attached hydrogens (tertiary/aromatic N) is 3. The van der Waals surface area contributed by atoms with Crippen molar-refractivity contribution in [2.24, 2.45) is 0 Å². The normalized spacial score (nSPS) is 10.6. The first-order chi connectivity index (χ1) is 12.5. The molecular formula is C16H13Br2N5O3. The van der Waals surface area contributed by atoms with Crippen molar-refractivity contribution in [3.63, 3.8) is 0 Å². The number of halogens is 2. The molecule has 0 bridgehead atoms. The number of para-hydroxylation sites is 1. The number of amides is 1. The van der Waals surface area contributed by atoms with Crippen molar-refractivity contribution in [2.45, 2.75) is 6.92 Å². The van der Waals surface area contributed by atoms with Crippen LogP contribution in [0.5, 0.6) is 0 Å². The molecule has 0 aliphatic carbocycles. The van der Waals surface area contributed by atoms with E-state index in [4.69, 9.17) is 4.74 Å². The lowest BCUT2D eigenvalue weighted by molar-refractivity contribution is 0.0527. The standard InChI is InChI=1S/C16H13Br2N5O3/c1-2-26-16(25)10-8-19-23(9-6-4-3-5-7-9)14(10)20-15(24)12-11(17)13(18)22-21-12/h3-8H,2H2,1H3,(H,20,24)(H,21,22). The minimum atomic E-state index is -0.577. The predicted octanol–water partition coefficient (Wildman–Crippen LogP) is 3.55. The molecule has 26 heavy (non-hydrogen) atoms. The molecule has 1 amide bonds. The molecule has 3 aromatic rings. The monoisotopic (exact) mass is 481 g/mol. The number of carbonyl (C=O) groups excluding carboxylic acids is 2. The van der Waals surface area contributed by atoms with Gasteiger partial charge in [-0.15, -0.1) is 0 Å². The number of esters is 1. The Balaban J connectivity index is 2.02. The Labute approximate surface area is 165 Å². The quantitative estimate of drug-likeness (QED) is 0.541. The van der Waals surface area contributed by atoms with Gasteiger partial charge in [-0.1, -0.05) is 18.2 Å². The summed E-state index contributed by atoms with van der Waals surface area (Å²) in [4.78, 5) is 24.9. The first-order valence-electron chi connectivity index (χ1n) is 7.54. The minimum absolute atomic E-state index is 0.132. The number of carbonyl (C=O) groups is 2. The average Bonchev–Trinajstić information content (AvgIpc) is 3.20. The molecule has 0 saturated heterocycles. The van der Waals surface area contributed by atoms with Gasteiger partial charge in [0.1, 0.15) is 10.2 Å². The van der Waals surface area contributed by atoms with E-state index in [1.54, 1.807) is 19.1 Å². The molecule has 0 radical (unpaired) electrons. The van der Waals surface area contributed by atoms with E-state index in [0.717, 1.165) is 0 Å². The van der Waals surface area contributed by atoms with Crippen LogP contribution in [-0.2, 0) is 4.74 Å². The molecule has 0 saturated carbocycles. The summed E-state index contributed by atoms with van der Waals surface area (Å²) in [5.74, 6) is -0.889. The summed E-state index contributed by atoms with van der Waals surface area (Å²) in [6.07, 6.45) is 1.36. The zero-order chi connectivity index (χ0) is 18.7. The molecular weight excluding hydrogens is 470 g/mol. The predicted molar refractivity (Wildman–Crippen MR) is 101 cm³/mol. The summed E-state index contributed by atoms with van der Waals surface area (Å²) in [5.41, 5.74) is 0.961. The molecule has 0 fully saturated rings. The third-order valence-corrected chi connectivity index (χ3v) is 5.26. The highest BCUT2D eigenvalue weighted by atomic mass is 79.9. The molecule has 10 heteroatoms. The molecule has 0 aliphatic rings. The largest absolute Gasteiger partial charge is 0.462 e. The number of anilines is 1. The minimum Gasteiger partial charge on any atom is -0.462 e. The zero-order valence-electron chi connectivity index (χ0n) is 13.5. The number of aromatic amines is 1. The lowest BCUT2D eigenvalue weighted by Crippen LogP contribution is -2.18. The van der Waals surface area contributed by atoms with Crippen LogP contribution in [0.25, 0.3) is 5.69 Å². The maximum atomic E-state index is 12.6. The van der Waals surface area contributed by atoms with Crippen molar-refractivity contribution in [1.29, 1.82) is 0 Å². The Kier molecular flexibility index (Phi) is 5.52. The van der Waals surface area contributed by atoms with Gasteiger partial charge in [-0.3, -0.25) is 9.89 Å². The van der Waals surface area contributed by atoms with E-state index < -0.39 is 11.9 Å². The van der Waals surface area contributed by atoms with Crippen molar-refractivity contribution in [3.8, 4) is 5.69 Å². The molecule has 1 aromatic carbocycles. The first-order valence-corrected chi connectivity index (χ1v) is 9.12. The highest BCUT2D eigenvalue weighted by Gasteiger charge is 2.24. The summed E-state index contributed by atoms with van der Waals surface area (Å²) in [5, 5.41) is 13.5. The molecule has 134 valence electrons. The molecule has 0 spiro atoms. The summed E-state index contributed by atoms with van der Waals surface area (Å²) in [6.45, 7) is 1.91. The van der Waals surface area contributed by atoms with Crippen LogP contribution < -0.4 is 5.32 Å². The fourth-order valence-electron chi connectivity index (χ4n) is 2.22.